The van der Waals surface area contributed by atoms with Crippen LogP contribution in [-0.2, 0) is 9.84 Å². The molecule has 0 aromatic heterocycles. The quantitative estimate of drug-likeness (QED) is 0.866. The molecule has 0 bridgehead atoms. The van der Waals surface area contributed by atoms with Gasteiger partial charge >= 0.3 is 0 Å². The molecule has 4 nitrogen and oxygen atoms in total. The molecule has 1 atom stereocenters. The van der Waals surface area contributed by atoms with E-state index in [2.05, 4.69) is 11.8 Å². The van der Waals surface area contributed by atoms with Gasteiger partial charge < -0.3 is 5.73 Å². The Balaban J connectivity index is 2.13. The third-order valence-corrected chi connectivity index (χ3v) is 4.40. The first-order valence-corrected chi connectivity index (χ1v) is 7.56. The molecule has 0 saturated carbocycles. The zero-order valence-corrected chi connectivity index (χ0v) is 10.9. The number of nitrogens with two attached hydrogens (primary N) is 1. The van der Waals surface area contributed by atoms with Crippen LogP contribution in [0.25, 0.3) is 0 Å². The average molecular weight is 254 g/mol. The van der Waals surface area contributed by atoms with Crippen molar-refractivity contribution in [2.24, 2.45) is 5.73 Å². The summed E-state index contributed by atoms with van der Waals surface area (Å²) in [6, 6.07) is 7.67. The summed E-state index contributed by atoms with van der Waals surface area (Å²) in [5.41, 5.74) is 6.87. The lowest BCUT2D eigenvalue weighted by atomic mass is 10.0. The Morgan fingerprint density at radius 1 is 1.29 bits per heavy atom. The molecular weight excluding hydrogens is 236 g/mol. The summed E-state index contributed by atoms with van der Waals surface area (Å²) in [6.45, 7) is 3.94. The van der Waals surface area contributed by atoms with Gasteiger partial charge in [0.2, 0.25) is 0 Å². The van der Waals surface area contributed by atoms with Crippen molar-refractivity contribution in [1.82, 2.24) is 4.90 Å². The minimum absolute atomic E-state index is 0.285. The van der Waals surface area contributed by atoms with E-state index >= 15 is 0 Å². The highest BCUT2D eigenvalue weighted by Gasteiger charge is 2.27. The van der Waals surface area contributed by atoms with Crippen LogP contribution in [0.3, 0.4) is 0 Å². The Labute approximate surface area is 102 Å². The summed E-state index contributed by atoms with van der Waals surface area (Å²) in [4.78, 5) is 2.65. The molecule has 1 fully saturated rings. The highest BCUT2D eigenvalue weighted by Crippen LogP contribution is 2.25. The number of sulfone groups is 1. The SMILES string of the molecule is CC(c1ccc(S(C)(=O)=O)cc1)N1CC(N)C1. The summed E-state index contributed by atoms with van der Waals surface area (Å²) in [7, 11) is -3.10. The summed E-state index contributed by atoms with van der Waals surface area (Å²) in [5.74, 6) is 0. The number of hydrogen-bond donors (Lipinski definition) is 1. The third-order valence-electron chi connectivity index (χ3n) is 3.28. The highest BCUT2D eigenvalue weighted by molar-refractivity contribution is 7.90. The molecule has 0 radical (unpaired) electrons. The van der Waals surface area contributed by atoms with Gasteiger partial charge in [-0.05, 0) is 24.6 Å². The van der Waals surface area contributed by atoms with Crippen LogP contribution in [-0.4, -0.2) is 38.7 Å². The first-order chi connectivity index (χ1) is 7.88. The molecule has 94 valence electrons. The maximum absolute atomic E-state index is 11.3. The zero-order chi connectivity index (χ0) is 12.6. The number of benzene rings is 1. The van der Waals surface area contributed by atoms with Crippen LogP contribution in [0.2, 0.25) is 0 Å². The van der Waals surface area contributed by atoms with E-state index in [4.69, 9.17) is 5.73 Å². The van der Waals surface area contributed by atoms with Crippen molar-refractivity contribution in [1.29, 1.82) is 0 Å². The van der Waals surface area contributed by atoms with Crippen LogP contribution in [0.4, 0.5) is 0 Å². The van der Waals surface area contributed by atoms with Gasteiger partial charge in [0.25, 0.3) is 0 Å². The number of hydrogen-bond acceptors (Lipinski definition) is 4. The molecule has 17 heavy (non-hydrogen) atoms. The fourth-order valence-electron chi connectivity index (χ4n) is 2.07. The molecule has 1 saturated heterocycles. The van der Waals surface area contributed by atoms with E-state index in [9.17, 15) is 8.42 Å². The van der Waals surface area contributed by atoms with Crippen molar-refractivity contribution in [3.05, 3.63) is 29.8 Å². The Hall–Kier alpha value is -0.910. The number of nitrogens with zero attached hydrogens (tertiary/aromatic N) is 1. The second kappa shape index (κ2) is 4.40. The fraction of sp³-hybridized carbons (Fsp3) is 0.500. The monoisotopic (exact) mass is 254 g/mol. The van der Waals surface area contributed by atoms with E-state index < -0.39 is 9.84 Å². The number of rotatable bonds is 3. The van der Waals surface area contributed by atoms with E-state index in [0.717, 1.165) is 18.7 Å². The smallest absolute Gasteiger partial charge is 0.175 e. The molecule has 2 N–H and O–H groups in total. The number of likely N-dealkylation sites (tertiary alicyclic amines) is 1. The van der Waals surface area contributed by atoms with E-state index in [0.29, 0.717) is 10.9 Å². The van der Waals surface area contributed by atoms with Gasteiger partial charge in [-0.15, -0.1) is 0 Å². The van der Waals surface area contributed by atoms with Gasteiger partial charge in [0.05, 0.1) is 4.90 Å². The molecule has 0 aliphatic carbocycles. The molecule has 1 aromatic rings. The first-order valence-electron chi connectivity index (χ1n) is 5.67. The molecule has 1 aliphatic rings. The van der Waals surface area contributed by atoms with Crippen molar-refractivity contribution in [2.45, 2.75) is 23.9 Å². The maximum atomic E-state index is 11.3. The van der Waals surface area contributed by atoms with E-state index in [1.165, 1.54) is 6.26 Å². The van der Waals surface area contributed by atoms with Crippen LogP contribution in [0.5, 0.6) is 0 Å². The first kappa shape index (κ1) is 12.5. The average Bonchev–Trinajstić information content (AvgIpc) is 2.23. The summed E-state index contributed by atoms with van der Waals surface area (Å²) in [6.07, 6.45) is 1.22. The van der Waals surface area contributed by atoms with Crippen LogP contribution >= 0.6 is 0 Å². The largest absolute Gasteiger partial charge is 0.325 e. The third kappa shape index (κ3) is 2.68. The van der Waals surface area contributed by atoms with Gasteiger partial charge in [-0.1, -0.05) is 12.1 Å². The summed E-state index contributed by atoms with van der Waals surface area (Å²) < 4.78 is 22.7. The van der Waals surface area contributed by atoms with Crippen LogP contribution < -0.4 is 5.73 Å². The van der Waals surface area contributed by atoms with Crippen LogP contribution in [0.15, 0.2) is 29.2 Å². The van der Waals surface area contributed by atoms with Crippen molar-refractivity contribution in [2.75, 3.05) is 19.3 Å². The van der Waals surface area contributed by atoms with Gasteiger partial charge in [-0.25, -0.2) is 8.42 Å². The Morgan fingerprint density at radius 3 is 2.24 bits per heavy atom. The molecule has 0 amide bonds. The van der Waals surface area contributed by atoms with Gasteiger partial charge in [-0.2, -0.15) is 0 Å². The lowest BCUT2D eigenvalue weighted by molar-refractivity contribution is 0.103. The van der Waals surface area contributed by atoms with Crippen molar-refractivity contribution in [3.63, 3.8) is 0 Å². The standard InChI is InChI=1S/C12H18N2O2S/c1-9(14-7-11(13)8-14)10-3-5-12(6-4-10)17(2,15)16/h3-6,9,11H,7-8,13H2,1-2H3. The minimum atomic E-state index is -3.10. The molecule has 2 rings (SSSR count). The fourth-order valence-corrected chi connectivity index (χ4v) is 2.70. The van der Waals surface area contributed by atoms with E-state index in [1.54, 1.807) is 12.1 Å². The van der Waals surface area contributed by atoms with Crippen LogP contribution in [0, 0.1) is 0 Å². The zero-order valence-electron chi connectivity index (χ0n) is 10.1. The van der Waals surface area contributed by atoms with Crippen LogP contribution in [0.1, 0.15) is 18.5 Å². The summed E-state index contributed by atoms with van der Waals surface area (Å²) >= 11 is 0. The van der Waals surface area contributed by atoms with Crippen molar-refractivity contribution >= 4 is 9.84 Å². The summed E-state index contributed by atoms with van der Waals surface area (Å²) in [5, 5.41) is 0. The minimum Gasteiger partial charge on any atom is -0.325 e. The molecule has 1 aromatic carbocycles. The van der Waals surface area contributed by atoms with Gasteiger partial charge in [0, 0.05) is 31.4 Å². The molecule has 1 unspecified atom stereocenters. The topological polar surface area (TPSA) is 63.4 Å². The second-order valence-corrected chi connectivity index (χ2v) is 6.75. The Morgan fingerprint density at radius 2 is 1.82 bits per heavy atom. The molecule has 0 spiro atoms. The molecule has 1 heterocycles. The van der Waals surface area contributed by atoms with E-state index in [1.807, 2.05) is 12.1 Å². The van der Waals surface area contributed by atoms with Gasteiger partial charge in [0.1, 0.15) is 0 Å². The maximum Gasteiger partial charge on any atom is 0.175 e. The van der Waals surface area contributed by atoms with Crippen molar-refractivity contribution < 1.29 is 8.42 Å². The van der Waals surface area contributed by atoms with Gasteiger partial charge in [-0.3, -0.25) is 4.90 Å². The van der Waals surface area contributed by atoms with Crippen molar-refractivity contribution in [3.8, 4) is 0 Å². The lowest BCUT2D eigenvalue weighted by Crippen LogP contribution is -2.56. The molecular formula is C12H18N2O2S. The predicted molar refractivity (Wildman–Crippen MR) is 67.5 cm³/mol. The Kier molecular flexibility index (Phi) is 3.25. The van der Waals surface area contributed by atoms with E-state index in [-0.39, 0.29) is 6.04 Å². The lowest BCUT2D eigenvalue weighted by Gasteiger charge is -2.41. The Bertz CT molecular complexity index is 490. The molecule has 5 heteroatoms. The predicted octanol–water partition coefficient (Wildman–Crippen LogP) is 0.794. The van der Waals surface area contributed by atoms with Gasteiger partial charge in [0.15, 0.2) is 9.84 Å². The second-order valence-electron chi connectivity index (χ2n) is 4.73. The molecule has 1 aliphatic heterocycles. The highest BCUT2D eigenvalue weighted by atomic mass is 32.2. The normalized spacial score (nSPS) is 19.9.